The van der Waals surface area contributed by atoms with Crippen molar-refractivity contribution in [1.82, 2.24) is 9.88 Å². The fourth-order valence-electron chi connectivity index (χ4n) is 3.38. The lowest BCUT2D eigenvalue weighted by atomic mass is 10.1. The zero-order chi connectivity index (χ0) is 17.2. The van der Waals surface area contributed by atoms with Gasteiger partial charge in [0.1, 0.15) is 0 Å². The zero-order valence-corrected chi connectivity index (χ0v) is 16.6. The van der Waals surface area contributed by atoms with Gasteiger partial charge in [0.15, 0.2) is 0 Å². The molecule has 0 saturated carbocycles. The van der Waals surface area contributed by atoms with Crippen LogP contribution in [0.2, 0.25) is 5.02 Å². The van der Waals surface area contributed by atoms with Crippen LogP contribution in [0.15, 0.2) is 60.9 Å². The van der Waals surface area contributed by atoms with Crippen LogP contribution in [0, 0.1) is 0 Å². The molecule has 0 aliphatic carbocycles. The SMILES string of the molecule is Clc1cccc(CN2CCC(Nc3ccc4cnccc4c3)C2I)c1. The Kier molecular flexibility index (Phi) is 5.10. The minimum atomic E-state index is 0.444. The van der Waals surface area contributed by atoms with Crippen LogP contribution in [-0.4, -0.2) is 26.5 Å². The van der Waals surface area contributed by atoms with E-state index in [1.807, 2.05) is 24.5 Å². The average molecular weight is 464 g/mol. The van der Waals surface area contributed by atoms with Gasteiger partial charge < -0.3 is 5.32 Å². The van der Waals surface area contributed by atoms with E-state index in [1.54, 1.807) is 0 Å². The minimum absolute atomic E-state index is 0.444. The molecule has 0 amide bonds. The molecule has 1 saturated heterocycles. The Balaban J connectivity index is 1.44. The quantitative estimate of drug-likeness (QED) is 0.322. The number of rotatable bonds is 4. The van der Waals surface area contributed by atoms with Gasteiger partial charge in [-0.2, -0.15) is 0 Å². The second-order valence-corrected chi connectivity index (χ2v) is 8.16. The zero-order valence-electron chi connectivity index (χ0n) is 13.7. The molecule has 1 fully saturated rings. The minimum Gasteiger partial charge on any atom is -0.380 e. The molecule has 128 valence electrons. The summed E-state index contributed by atoms with van der Waals surface area (Å²) in [5.74, 6) is 0. The monoisotopic (exact) mass is 463 g/mol. The molecule has 3 aromatic rings. The van der Waals surface area contributed by atoms with Gasteiger partial charge in [-0.05, 0) is 47.7 Å². The number of alkyl halides is 1. The number of halogens is 2. The molecule has 0 bridgehead atoms. The van der Waals surface area contributed by atoms with Gasteiger partial charge >= 0.3 is 0 Å². The first-order valence-corrected chi connectivity index (χ1v) is 10.0. The van der Waals surface area contributed by atoms with E-state index in [4.69, 9.17) is 11.6 Å². The molecule has 0 spiro atoms. The highest BCUT2D eigenvalue weighted by atomic mass is 127. The molecular formula is C20H19ClIN3. The van der Waals surface area contributed by atoms with E-state index in [0.717, 1.165) is 24.5 Å². The molecule has 3 nitrogen and oxygen atoms in total. The summed E-state index contributed by atoms with van der Waals surface area (Å²) in [5, 5.41) is 6.92. The van der Waals surface area contributed by atoms with Crippen LogP contribution in [0.5, 0.6) is 0 Å². The van der Waals surface area contributed by atoms with Crippen LogP contribution in [0.25, 0.3) is 10.8 Å². The number of benzene rings is 2. The highest BCUT2D eigenvalue weighted by molar-refractivity contribution is 14.1. The highest BCUT2D eigenvalue weighted by Crippen LogP contribution is 2.29. The van der Waals surface area contributed by atoms with Crippen LogP contribution in [0.1, 0.15) is 12.0 Å². The van der Waals surface area contributed by atoms with Crippen molar-refractivity contribution in [1.29, 1.82) is 0 Å². The predicted octanol–water partition coefficient (Wildman–Crippen LogP) is 5.34. The van der Waals surface area contributed by atoms with Gasteiger partial charge in [-0.15, -0.1) is 0 Å². The first-order chi connectivity index (χ1) is 12.2. The van der Waals surface area contributed by atoms with Crippen molar-refractivity contribution in [3.63, 3.8) is 0 Å². The fourth-order valence-corrected chi connectivity index (χ4v) is 4.61. The summed E-state index contributed by atoms with van der Waals surface area (Å²) in [6.45, 7) is 2.03. The van der Waals surface area contributed by atoms with Gasteiger partial charge in [0.2, 0.25) is 0 Å². The summed E-state index contributed by atoms with van der Waals surface area (Å²) in [6.07, 6.45) is 4.89. The summed E-state index contributed by atoms with van der Waals surface area (Å²) in [6, 6.07) is 17.1. The summed E-state index contributed by atoms with van der Waals surface area (Å²) in [7, 11) is 0. The van der Waals surface area contributed by atoms with Crippen LogP contribution in [0.4, 0.5) is 5.69 Å². The van der Waals surface area contributed by atoms with E-state index < -0.39 is 0 Å². The van der Waals surface area contributed by atoms with Crippen molar-refractivity contribution in [3.05, 3.63) is 71.5 Å². The largest absolute Gasteiger partial charge is 0.380 e. The summed E-state index contributed by atoms with van der Waals surface area (Å²) >= 11 is 8.67. The third-order valence-electron chi connectivity index (χ3n) is 4.68. The molecule has 1 aliphatic rings. The van der Waals surface area contributed by atoms with E-state index in [2.05, 4.69) is 74.2 Å². The molecule has 4 rings (SSSR count). The van der Waals surface area contributed by atoms with Crippen molar-refractivity contribution in [3.8, 4) is 0 Å². The lowest BCUT2D eigenvalue weighted by Crippen LogP contribution is -2.33. The fraction of sp³-hybridized carbons (Fsp3) is 0.250. The van der Waals surface area contributed by atoms with Crippen molar-refractivity contribution < 1.29 is 0 Å². The first kappa shape index (κ1) is 17.1. The molecule has 25 heavy (non-hydrogen) atoms. The maximum atomic E-state index is 6.11. The lowest BCUT2D eigenvalue weighted by Gasteiger charge is -2.24. The van der Waals surface area contributed by atoms with Crippen LogP contribution < -0.4 is 5.32 Å². The standard InChI is InChI=1S/C20H19ClIN3/c21-17-3-1-2-14(10-17)13-25-9-7-19(20(25)22)24-18-5-4-16-12-23-8-6-15(16)11-18/h1-6,8,10-12,19-20,24H,7,9,13H2. The number of aromatic nitrogens is 1. The van der Waals surface area contributed by atoms with E-state index in [0.29, 0.717) is 10.1 Å². The molecule has 0 radical (unpaired) electrons. The normalized spacial score (nSPS) is 20.9. The molecule has 2 atom stereocenters. The third-order valence-corrected chi connectivity index (χ3v) is 6.57. The van der Waals surface area contributed by atoms with Crippen molar-refractivity contribution in [2.45, 2.75) is 23.1 Å². The Morgan fingerprint density at radius 1 is 1.16 bits per heavy atom. The number of nitrogens with zero attached hydrogens (tertiary/aromatic N) is 2. The molecule has 1 aromatic heterocycles. The Labute approximate surface area is 166 Å². The van der Waals surface area contributed by atoms with Gasteiger partial charge in [-0.25, -0.2) is 0 Å². The molecule has 2 heterocycles. The third kappa shape index (κ3) is 3.91. The molecule has 1 aliphatic heterocycles. The Morgan fingerprint density at radius 2 is 2.08 bits per heavy atom. The molecule has 5 heteroatoms. The van der Waals surface area contributed by atoms with E-state index in [-0.39, 0.29) is 0 Å². The van der Waals surface area contributed by atoms with E-state index >= 15 is 0 Å². The number of nitrogens with one attached hydrogen (secondary N) is 1. The Morgan fingerprint density at radius 3 is 2.96 bits per heavy atom. The van der Waals surface area contributed by atoms with Crippen molar-refractivity contribution in [2.24, 2.45) is 0 Å². The molecule has 1 N–H and O–H groups in total. The summed E-state index contributed by atoms with van der Waals surface area (Å²) in [5.41, 5.74) is 2.45. The number of hydrogen-bond acceptors (Lipinski definition) is 3. The second-order valence-electron chi connectivity index (χ2n) is 6.45. The molecule has 2 unspecified atom stereocenters. The predicted molar refractivity (Wildman–Crippen MR) is 113 cm³/mol. The Bertz CT molecular complexity index is 885. The number of fused-ring (bicyclic) bond motifs is 1. The number of anilines is 1. The number of likely N-dealkylation sites (tertiary alicyclic amines) is 1. The maximum Gasteiger partial charge on any atom is 0.0826 e. The van der Waals surface area contributed by atoms with Crippen LogP contribution in [-0.2, 0) is 6.54 Å². The van der Waals surface area contributed by atoms with E-state index in [9.17, 15) is 0 Å². The van der Waals surface area contributed by atoms with Gasteiger partial charge in [-0.3, -0.25) is 9.88 Å². The van der Waals surface area contributed by atoms with Gasteiger partial charge in [0.05, 0.1) is 10.1 Å². The Hall–Kier alpha value is -1.37. The summed E-state index contributed by atoms with van der Waals surface area (Å²) in [4.78, 5) is 6.68. The topological polar surface area (TPSA) is 28.2 Å². The maximum absolute atomic E-state index is 6.11. The summed E-state index contributed by atoms with van der Waals surface area (Å²) < 4.78 is 0.449. The lowest BCUT2D eigenvalue weighted by molar-refractivity contribution is 0.316. The van der Waals surface area contributed by atoms with Crippen LogP contribution >= 0.6 is 34.2 Å². The van der Waals surface area contributed by atoms with E-state index in [1.165, 1.54) is 22.0 Å². The smallest absolute Gasteiger partial charge is 0.0826 e. The van der Waals surface area contributed by atoms with Crippen molar-refractivity contribution in [2.75, 3.05) is 11.9 Å². The highest BCUT2D eigenvalue weighted by Gasteiger charge is 2.31. The number of pyridine rings is 1. The van der Waals surface area contributed by atoms with Gasteiger partial charge in [0, 0.05) is 41.6 Å². The molecule has 2 aromatic carbocycles. The second kappa shape index (κ2) is 7.48. The molecular weight excluding hydrogens is 445 g/mol. The van der Waals surface area contributed by atoms with Crippen LogP contribution in [0.3, 0.4) is 0 Å². The van der Waals surface area contributed by atoms with Crippen molar-refractivity contribution >= 4 is 50.7 Å². The number of hydrogen-bond donors (Lipinski definition) is 1. The average Bonchev–Trinajstić information content (AvgIpc) is 2.95. The van der Waals surface area contributed by atoms with Gasteiger partial charge in [0.25, 0.3) is 0 Å². The first-order valence-electron chi connectivity index (χ1n) is 8.42. The van der Waals surface area contributed by atoms with Gasteiger partial charge in [-0.1, -0.05) is 52.4 Å².